The van der Waals surface area contributed by atoms with E-state index in [-0.39, 0.29) is 5.91 Å². The lowest BCUT2D eigenvalue weighted by molar-refractivity contribution is -0.134. The minimum atomic E-state index is -1.26. The summed E-state index contributed by atoms with van der Waals surface area (Å²) >= 11 is 0. The number of rotatable bonds is 6. The number of para-hydroxylation sites is 2. The molecule has 2 aliphatic heterocycles. The Morgan fingerprint density at radius 3 is 1.37 bits per heavy atom. The normalized spacial score (nSPS) is 14.5. The SMILES string of the molecule is CN1CCN(CC(=O)N2c3ccccc3C=Cc3ccccc32)CC1.O=C(O)/C=C/C(=O)O.O=C(O)/C=C/C(=O)O. The Morgan fingerprint density at radius 2 is 1.00 bits per heavy atom. The first kappa shape index (κ1) is 32.1. The Kier molecular flexibility index (Phi) is 12.6. The third-order valence-electron chi connectivity index (χ3n) is 5.74. The molecule has 2 heterocycles. The third-order valence-corrected chi connectivity index (χ3v) is 5.74. The first-order chi connectivity index (χ1) is 19.5. The van der Waals surface area contributed by atoms with E-state index in [2.05, 4.69) is 41.1 Å². The third kappa shape index (κ3) is 11.3. The molecule has 4 rings (SSSR count). The smallest absolute Gasteiger partial charge is 0.328 e. The maximum atomic E-state index is 13.3. The van der Waals surface area contributed by atoms with Gasteiger partial charge in [0.15, 0.2) is 0 Å². The minimum absolute atomic E-state index is 0.133. The minimum Gasteiger partial charge on any atom is -0.478 e. The fourth-order valence-corrected chi connectivity index (χ4v) is 3.80. The van der Waals surface area contributed by atoms with Gasteiger partial charge in [0.2, 0.25) is 5.91 Å². The molecule has 0 aliphatic carbocycles. The standard InChI is InChI=1S/C21H23N3O.2C4H4O4/c1-22-12-14-23(15-13-22)16-21(25)24-19-8-4-2-6-17(19)10-11-18-7-3-5-9-20(18)24;2*5-3(6)1-2-4(7)8/h2-11H,12-16H2,1H3;2*1-2H,(H,5,6)(H,7,8)/b;2*2-1+. The number of carboxylic acids is 4. The number of nitrogens with zero attached hydrogens (tertiary/aromatic N) is 3. The highest BCUT2D eigenvalue weighted by atomic mass is 16.4. The van der Waals surface area contributed by atoms with Crippen LogP contribution in [0.1, 0.15) is 11.1 Å². The number of carbonyl (C=O) groups is 5. The summed E-state index contributed by atoms with van der Waals surface area (Å²) in [6.45, 7) is 4.37. The van der Waals surface area contributed by atoms with Gasteiger partial charge in [0.1, 0.15) is 0 Å². The van der Waals surface area contributed by atoms with Gasteiger partial charge in [0.25, 0.3) is 0 Å². The van der Waals surface area contributed by atoms with Gasteiger partial charge in [-0.1, -0.05) is 48.6 Å². The van der Waals surface area contributed by atoms with Crippen molar-refractivity contribution >= 4 is 53.3 Å². The van der Waals surface area contributed by atoms with Crippen LogP contribution in [-0.2, 0) is 24.0 Å². The lowest BCUT2D eigenvalue weighted by atomic mass is 10.1. The van der Waals surface area contributed by atoms with Crippen molar-refractivity contribution < 1.29 is 44.4 Å². The van der Waals surface area contributed by atoms with E-state index in [1.54, 1.807) is 0 Å². The second-order valence-electron chi connectivity index (χ2n) is 8.78. The molecule has 1 amide bonds. The molecule has 0 unspecified atom stereocenters. The molecule has 216 valence electrons. The fourth-order valence-electron chi connectivity index (χ4n) is 3.80. The van der Waals surface area contributed by atoms with Crippen molar-refractivity contribution in [3.8, 4) is 0 Å². The molecular formula is C29H31N3O9. The number of hydrogen-bond donors (Lipinski definition) is 4. The molecule has 0 saturated carbocycles. The highest BCUT2D eigenvalue weighted by Gasteiger charge is 2.26. The van der Waals surface area contributed by atoms with Gasteiger partial charge in [-0.25, -0.2) is 19.2 Å². The maximum Gasteiger partial charge on any atom is 0.328 e. The summed E-state index contributed by atoms with van der Waals surface area (Å²) in [6.07, 6.45) is 6.42. The van der Waals surface area contributed by atoms with Gasteiger partial charge in [-0.05, 0) is 30.3 Å². The molecule has 0 aromatic heterocycles. The first-order valence-corrected chi connectivity index (χ1v) is 12.4. The molecule has 2 aliphatic rings. The summed E-state index contributed by atoms with van der Waals surface area (Å²) in [7, 11) is 2.13. The van der Waals surface area contributed by atoms with Crippen LogP contribution in [0.15, 0.2) is 72.8 Å². The molecule has 12 heteroatoms. The first-order valence-electron chi connectivity index (χ1n) is 12.4. The molecule has 0 spiro atoms. The van der Waals surface area contributed by atoms with Crippen LogP contribution in [0.2, 0.25) is 0 Å². The summed E-state index contributed by atoms with van der Waals surface area (Å²) in [6, 6.07) is 16.2. The molecule has 1 fully saturated rings. The average Bonchev–Trinajstić information content (AvgIpc) is 3.10. The van der Waals surface area contributed by atoms with Crippen LogP contribution in [0.5, 0.6) is 0 Å². The molecule has 4 N–H and O–H groups in total. The number of likely N-dealkylation sites (N-methyl/N-ethyl adjacent to an activating group) is 1. The second-order valence-corrected chi connectivity index (χ2v) is 8.78. The number of aliphatic carboxylic acids is 4. The van der Waals surface area contributed by atoms with Crippen molar-refractivity contribution in [3.63, 3.8) is 0 Å². The summed E-state index contributed by atoms with van der Waals surface area (Å²) in [5.41, 5.74) is 4.07. The van der Waals surface area contributed by atoms with E-state index in [0.29, 0.717) is 30.8 Å². The van der Waals surface area contributed by atoms with E-state index >= 15 is 0 Å². The number of hydrogen-bond acceptors (Lipinski definition) is 7. The van der Waals surface area contributed by atoms with Crippen molar-refractivity contribution in [2.45, 2.75) is 0 Å². The molecule has 12 nitrogen and oxygen atoms in total. The summed E-state index contributed by atoms with van der Waals surface area (Å²) < 4.78 is 0. The molecule has 0 radical (unpaired) electrons. The largest absolute Gasteiger partial charge is 0.478 e. The van der Waals surface area contributed by atoms with E-state index in [1.807, 2.05) is 41.3 Å². The number of benzene rings is 2. The molecule has 2 aromatic carbocycles. The highest BCUT2D eigenvalue weighted by molar-refractivity contribution is 6.07. The number of piperazine rings is 1. The van der Waals surface area contributed by atoms with Gasteiger partial charge in [0, 0.05) is 50.5 Å². The molecule has 1 saturated heterocycles. The molecule has 0 atom stereocenters. The van der Waals surface area contributed by atoms with Crippen molar-refractivity contribution in [2.24, 2.45) is 0 Å². The van der Waals surface area contributed by atoms with Crippen LogP contribution in [0.4, 0.5) is 11.4 Å². The quantitative estimate of drug-likeness (QED) is 0.379. The Hall–Kier alpha value is -5.07. The zero-order chi connectivity index (χ0) is 30.4. The van der Waals surface area contributed by atoms with Gasteiger partial charge in [-0.15, -0.1) is 0 Å². The maximum absolute atomic E-state index is 13.3. The van der Waals surface area contributed by atoms with E-state index in [0.717, 1.165) is 48.7 Å². The second kappa shape index (κ2) is 16.1. The van der Waals surface area contributed by atoms with Gasteiger partial charge in [0.05, 0.1) is 17.9 Å². The van der Waals surface area contributed by atoms with Crippen molar-refractivity contribution in [1.82, 2.24) is 9.80 Å². The summed E-state index contributed by atoms with van der Waals surface area (Å²) in [5, 5.41) is 31.2. The summed E-state index contributed by atoms with van der Waals surface area (Å²) in [4.78, 5) is 57.9. The monoisotopic (exact) mass is 565 g/mol. The lowest BCUT2D eigenvalue weighted by Crippen LogP contribution is -2.48. The summed E-state index contributed by atoms with van der Waals surface area (Å²) in [5.74, 6) is -4.90. The zero-order valence-corrected chi connectivity index (χ0v) is 22.3. The van der Waals surface area contributed by atoms with Crippen molar-refractivity contribution in [2.75, 3.05) is 44.7 Å². The van der Waals surface area contributed by atoms with Crippen LogP contribution < -0.4 is 4.90 Å². The zero-order valence-electron chi connectivity index (χ0n) is 22.3. The topological polar surface area (TPSA) is 176 Å². The van der Waals surface area contributed by atoms with Gasteiger partial charge in [-0.3, -0.25) is 14.6 Å². The van der Waals surface area contributed by atoms with E-state index < -0.39 is 23.9 Å². The highest BCUT2D eigenvalue weighted by Crippen LogP contribution is 2.36. The van der Waals surface area contributed by atoms with Gasteiger partial charge < -0.3 is 25.3 Å². The molecule has 0 bridgehead atoms. The Bertz CT molecular complexity index is 1230. The number of amides is 1. The van der Waals surface area contributed by atoms with Crippen molar-refractivity contribution in [3.05, 3.63) is 84.0 Å². The van der Waals surface area contributed by atoms with Gasteiger partial charge >= 0.3 is 23.9 Å². The van der Waals surface area contributed by atoms with Crippen LogP contribution in [0, 0.1) is 0 Å². The van der Waals surface area contributed by atoms with Crippen LogP contribution >= 0.6 is 0 Å². The molecular weight excluding hydrogens is 534 g/mol. The predicted molar refractivity (Wildman–Crippen MR) is 152 cm³/mol. The number of carboxylic acid groups (broad SMARTS) is 4. The molecule has 41 heavy (non-hydrogen) atoms. The van der Waals surface area contributed by atoms with Crippen LogP contribution in [-0.4, -0.2) is 99.8 Å². The lowest BCUT2D eigenvalue weighted by Gasteiger charge is -2.33. The Balaban J connectivity index is 0.000000304. The number of fused-ring (bicyclic) bond motifs is 2. The van der Waals surface area contributed by atoms with Crippen molar-refractivity contribution in [1.29, 1.82) is 0 Å². The Labute approximate surface area is 236 Å². The van der Waals surface area contributed by atoms with E-state index in [9.17, 15) is 24.0 Å². The fraction of sp³-hybridized carbons (Fsp3) is 0.207. The molecule has 2 aromatic rings. The number of carbonyl (C=O) groups excluding carboxylic acids is 1. The van der Waals surface area contributed by atoms with E-state index in [4.69, 9.17) is 20.4 Å². The van der Waals surface area contributed by atoms with Crippen LogP contribution in [0.3, 0.4) is 0 Å². The van der Waals surface area contributed by atoms with Gasteiger partial charge in [-0.2, -0.15) is 0 Å². The Morgan fingerprint density at radius 1 is 0.634 bits per heavy atom. The van der Waals surface area contributed by atoms with Crippen LogP contribution in [0.25, 0.3) is 12.2 Å². The average molecular weight is 566 g/mol. The predicted octanol–water partition coefficient (Wildman–Crippen LogP) is 2.51. The number of anilines is 2. The van der Waals surface area contributed by atoms with E-state index in [1.165, 1.54) is 0 Å².